The molecule has 0 aliphatic heterocycles. The van der Waals surface area contributed by atoms with Crippen LogP contribution in [0, 0.1) is 27.7 Å². The van der Waals surface area contributed by atoms with Gasteiger partial charge in [0.05, 0.1) is 16.7 Å². The highest BCUT2D eigenvalue weighted by Crippen LogP contribution is 2.44. The summed E-state index contributed by atoms with van der Waals surface area (Å²) in [6, 6.07) is 14.5. The molecule has 4 aromatic rings. The number of carbonyl (C=O) groups excluding carboxylic acids is 1. The fourth-order valence-corrected chi connectivity index (χ4v) is 4.79. The Labute approximate surface area is 209 Å². The van der Waals surface area contributed by atoms with Crippen LogP contribution in [0.3, 0.4) is 0 Å². The van der Waals surface area contributed by atoms with Crippen molar-refractivity contribution < 1.29 is 35.9 Å². The predicted octanol–water partition coefficient (Wildman–Crippen LogP) is 9.00. The Balaban J connectivity index is 1.67. The minimum atomic E-state index is -5.00. The van der Waals surface area contributed by atoms with E-state index in [-0.39, 0.29) is 16.7 Å². The van der Waals surface area contributed by atoms with Gasteiger partial charge in [0.15, 0.2) is 0 Å². The number of esters is 1. The highest BCUT2D eigenvalue weighted by atomic mass is 19.4. The third-order valence-corrected chi connectivity index (χ3v) is 6.26. The van der Waals surface area contributed by atoms with Gasteiger partial charge in [-0.25, -0.2) is 4.79 Å². The summed E-state index contributed by atoms with van der Waals surface area (Å²) in [4.78, 5) is 12.7. The van der Waals surface area contributed by atoms with Crippen LogP contribution in [0.2, 0.25) is 0 Å². The van der Waals surface area contributed by atoms with Gasteiger partial charge in [0, 0.05) is 0 Å². The van der Waals surface area contributed by atoms with Crippen LogP contribution in [0.15, 0.2) is 60.7 Å². The Morgan fingerprint density at radius 1 is 0.730 bits per heavy atom. The SMILES string of the molecule is Cc1cc(C)c(-c2ccc(C(=O)Oc3ccc4c(C(F)(F)F)c(C)c(C(F)(F)F)cc4c3)cc2)c(C)c1. The molecule has 0 bridgehead atoms. The summed E-state index contributed by atoms with van der Waals surface area (Å²) < 4.78 is 86.6. The second kappa shape index (κ2) is 9.25. The second-order valence-electron chi connectivity index (χ2n) is 9.04. The van der Waals surface area contributed by atoms with E-state index in [0.29, 0.717) is 6.07 Å². The van der Waals surface area contributed by atoms with Gasteiger partial charge in [0.1, 0.15) is 5.75 Å². The summed E-state index contributed by atoms with van der Waals surface area (Å²) in [5.41, 5.74) is 1.74. The van der Waals surface area contributed by atoms with E-state index in [9.17, 15) is 31.1 Å². The van der Waals surface area contributed by atoms with Crippen LogP contribution in [-0.2, 0) is 12.4 Å². The molecule has 8 heteroatoms. The molecule has 2 nitrogen and oxygen atoms in total. The zero-order chi connectivity index (χ0) is 27.3. The molecule has 0 N–H and O–H groups in total. The van der Waals surface area contributed by atoms with E-state index in [1.807, 2.05) is 20.8 Å². The molecule has 0 amide bonds. The normalized spacial score (nSPS) is 12.2. The number of benzene rings is 4. The van der Waals surface area contributed by atoms with Crippen molar-refractivity contribution in [2.75, 3.05) is 0 Å². The minimum Gasteiger partial charge on any atom is -0.423 e. The molecular formula is C29H22F6O2. The Bertz CT molecular complexity index is 1490. The molecule has 37 heavy (non-hydrogen) atoms. The van der Waals surface area contributed by atoms with Crippen LogP contribution in [0.4, 0.5) is 26.3 Å². The first-order chi connectivity index (χ1) is 17.2. The lowest BCUT2D eigenvalue weighted by atomic mass is 9.93. The molecule has 0 radical (unpaired) electrons. The number of alkyl halides is 6. The number of ether oxygens (including phenoxy) is 1. The zero-order valence-corrected chi connectivity index (χ0v) is 20.4. The van der Waals surface area contributed by atoms with Gasteiger partial charge >= 0.3 is 18.3 Å². The Hall–Kier alpha value is -3.81. The average Bonchev–Trinajstić information content (AvgIpc) is 2.77. The van der Waals surface area contributed by atoms with E-state index in [0.717, 1.165) is 52.9 Å². The lowest BCUT2D eigenvalue weighted by Crippen LogP contribution is -2.15. The quantitative estimate of drug-likeness (QED) is 0.154. The number of rotatable bonds is 3. The number of halogens is 6. The van der Waals surface area contributed by atoms with E-state index >= 15 is 0 Å². The summed E-state index contributed by atoms with van der Waals surface area (Å²) in [7, 11) is 0. The first kappa shape index (κ1) is 26.3. The molecule has 0 heterocycles. The minimum absolute atomic E-state index is 0.170. The first-order valence-corrected chi connectivity index (χ1v) is 11.3. The molecule has 0 aliphatic rings. The number of carbonyl (C=O) groups is 1. The van der Waals surface area contributed by atoms with Crippen LogP contribution < -0.4 is 4.74 Å². The highest BCUT2D eigenvalue weighted by molar-refractivity contribution is 5.94. The number of aryl methyl sites for hydroxylation is 3. The van der Waals surface area contributed by atoms with Crippen molar-refractivity contribution in [3.8, 4) is 16.9 Å². The van der Waals surface area contributed by atoms with Crippen LogP contribution in [0.25, 0.3) is 21.9 Å². The largest absolute Gasteiger partial charge is 0.423 e. The maximum atomic E-state index is 13.7. The lowest BCUT2D eigenvalue weighted by Gasteiger charge is -2.19. The molecule has 0 unspecified atom stereocenters. The van der Waals surface area contributed by atoms with Gasteiger partial charge in [-0.3, -0.25) is 0 Å². The van der Waals surface area contributed by atoms with Crippen LogP contribution in [-0.4, -0.2) is 5.97 Å². The number of fused-ring (bicyclic) bond motifs is 1. The molecular weight excluding hydrogens is 494 g/mol. The van der Waals surface area contributed by atoms with Crippen molar-refractivity contribution in [3.05, 3.63) is 99.6 Å². The molecule has 4 aromatic carbocycles. The molecule has 0 saturated carbocycles. The van der Waals surface area contributed by atoms with Gasteiger partial charge in [-0.15, -0.1) is 0 Å². The molecule has 4 rings (SSSR count). The van der Waals surface area contributed by atoms with Gasteiger partial charge in [-0.2, -0.15) is 26.3 Å². The second-order valence-corrected chi connectivity index (χ2v) is 9.04. The van der Waals surface area contributed by atoms with Crippen molar-refractivity contribution in [2.45, 2.75) is 40.0 Å². The average molecular weight is 516 g/mol. The van der Waals surface area contributed by atoms with Gasteiger partial charge < -0.3 is 4.74 Å². The van der Waals surface area contributed by atoms with E-state index in [1.165, 1.54) is 0 Å². The summed E-state index contributed by atoms with van der Waals surface area (Å²) in [5, 5.41) is -0.748. The molecule has 0 atom stereocenters. The van der Waals surface area contributed by atoms with Crippen molar-refractivity contribution in [1.82, 2.24) is 0 Å². The summed E-state index contributed by atoms with van der Waals surface area (Å²) in [6.07, 6.45) is -9.99. The van der Waals surface area contributed by atoms with Crippen LogP contribution in [0.1, 0.15) is 43.7 Å². The van der Waals surface area contributed by atoms with Crippen molar-refractivity contribution in [1.29, 1.82) is 0 Å². The Kier molecular flexibility index (Phi) is 6.56. The number of hydrogen-bond acceptors (Lipinski definition) is 2. The highest BCUT2D eigenvalue weighted by Gasteiger charge is 2.41. The topological polar surface area (TPSA) is 26.3 Å². The van der Waals surface area contributed by atoms with Crippen molar-refractivity contribution in [2.24, 2.45) is 0 Å². The van der Waals surface area contributed by atoms with Crippen LogP contribution in [0.5, 0.6) is 5.75 Å². The molecule has 0 saturated heterocycles. The molecule has 0 spiro atoms. The van der Waals surface area contributed by atoms with Gasteiger partial charge in [-0.05, 0) is 96.6 Å². The monoisotopic (exact) mass is 516 g/mol. The van der Waals surface area contributed by atoms with Gasteiger partial charge in [0.25, 0.3) is 0 Å². The molecule has 0 aliphatic carbocycles. The maximum Gasteiger partial charge on any atom is 0.417 e. The fraction of sp³-hybridized carbons (Fsp3) is 0.207. The maximum absolute atomic E-state index is 13.7. The third kappa shape index (κ3) is 5.19. The van der Waals surface area contributed by atoms with E-state index in [1.54, 1.807) is 24.3 Å². The van der Waals surface area contributed by atoms with E-state index < -0.39 is 40.4 Å². The first-order valence-electron chi connectivity index (χ1n) is 11.3. The predicted molar refractivity (Wildman–Crippen MR) is 130 cm³/mol. The summed E-state index contributed by atoms with van der Waals surface area (Å²) >= 11 is 0. The summed E-state index contributed by atoms with van der Waals surface area (Å²) in [6.45, 7) is 6.78. The molecule has 192 valence electrons. The Morgan fingerprint density at radius 2 is 1.32 bits per heavy atom. The van der Waals surface area contributed by atoms with Crippen molar-refractivity contribution >= 4 is 16.7 Å². The van der Waals surface area contributed by atoms with E-state index in [4.69, 9.17) is 4.74 Å². The van der Waals surface area contributed by atoms with E-state index in [2.05, 4.69) is 12.1 Å². The van der Waals surface area contributed by atoms with Crippen molar-refractivity contribution in [3.63, 3.8) is 0 Å². The van der Waals surface area contributed by atoms with Crippen LogP contribution >= 0.6 is 0 Å². The zero-order valence-electron chi connectivity index (χ0n) is 20.4. The third-order valence-electron chi connectivity index (χ3n) is 6.26. The fourth-order valence-electron chi connectivity index (χ4n) is 4.79. The molecule has 0 fully saturated rings. The summed E-state index contributed by atoms with van der Waals surface area (Å²) in [5.74, 6) is -0.959. The lowest BCUT2D eigenvalue weighted by molar-refractivity contribution is -0.143. The smallest absolute Gasteiger partial charge is 0.417 e. The van der Waals surface area contributed by atoms with Gasteiger partial charge in [-0.1, -0.05) is 35.9 Å². The number of hydrogen-bond donors (Lipinski definition) is 0. The molecule has 0 aromatic heterocycles. The van der Waals surface area contributed by atoms with Gasteiger partial charge in [0.2, 0.25) is 0 Å². The standard InChI is InChI=1S/C29H22F6O2/c1-15-11-16(2)25(17(3)12-15)19-5-7-20(8-6-19)27(36)37-22-9-10-23-21(13-22)14-24(28(30,31)32)18(4)26(23)29(33,34)35/h5-14H,1-4H3. The Morgan fingerprint density at radius 3 is 1.86 bits per heavy atom.